The fourth-order valence-electron chi connectivity index (χ4n) is 4.09. The minimum Gasteiger partial charge on any atom is -0.282 e. The van der Waals surface area contributed by atoms with E-state index in [4.69, 9.17) is 0 Å². The molecular weight excluding hydrogens is 380 g/mol. The second kappa shape index (κ2) is 15.9. The molecule has 0 aliphatic carbocycles. The van der Waals surface area contributed by atoms with E-state index in [1.54, 1.807) is 6.07 Å². The van der Waals surface area contributed by atoms with Gasteiger partial charge in [0, 0.05) is 0 Å². The summed E-state index contributed by atoms with van der Waals surface area (Å²) in [4.78, 5) is 0.0819. The first-order valence-electron chi connectivity index (χ1n) is 12.0. The molecular formula is C25H44O3S. The Kier molecular flexibility index (Phi) is 14.3. The molecule has 0 bridgehead atoms. The van der Waals surface area contributed by atoms with Crippen LogP contribution in [0.25, 0.3) is 0 Å². The second-order valence-corrected chi connectivity index (χ2v) is 9.97. The van der Waals surface area contributed by atoms with E-state index < -0.39 is 10.1 Å². The van der Waals surface area contributed by atoms with Crippen molar-refractivity contribution < 1.29 is 13.0 Å². The predicted octanol–water partition coefficient (Wildman–Crippen LogP) is 8.05. The molecule has 4 heteroatoms. The third-order valence-corrected chi connectivity index (χ3v) is 6.86. The molecule has 168 valence electrons. The van der Waals surface area contributed by atoms with E-state index in [0.29, 0.717) is 0 Å². The molecule has 0 aliphatic rings. The third kappa shape index (κ3) is 12.4. The molecule has 0 saturated carbocycles. The van der Waals surface area contributed by atoms with Gasteiger partial charge in [0.15, 0.2) is 0 Å². The summed E-state index contributed by atoms with van der Waals surface area (Å²) in [5, 5.41) is 0. The van der Waals surface area contributed by atoms with Crippen LogP contribution >= 0.6 is 0 Å². The van der Waals surface area contributed by atoms with E-state index in [-0.39, 0.29) is 4.90 Å². The van der Waals surface area contributed by atoms with Crippen LogP contribution in [0.4, 0.5) is 0 Å². The normalized spacial score (nSPS) is 11.8. The first-order chi connectivity index (χ1) is 14.0. The highest BCUT2D eigenvalue weighted by Gasteiger charge is 2.16. The molecule has 0 amide bonds. The van der Waals surface area contributed by atoms with Crippen molar-refractivity contribution in [3.05, 3.63) is 29.3 Å². The lowest BCUT2D eigenvalue weighted by Gasteiger charge is -2.10. The maximum atomic E-state index is 11.5. The van der Waals surface area contributed by atoms with E-state index in [9.17, 15) is 13.0 Å². The predicted molar refractivity (Wildman–Crippen MR) is 124 cm³/mol. The zero-order valence-corrected chi connectivity index (χ0v) is 19.7. The summed E-state index contributed by atoms with van der Waals surface area (Å²) < 4.78 is 32.5. The minimum atomic E-state index is -4.13. The van der Waals surface area contributed by atoms with Crippen molar-refractivity contribution >= 4 is 10.1 Å². The Balaban J connectivity index is 1.99. The molecule has 0 aromatic heterocycles. The number of rotatable bonds is 18. The lowest BCUT2D eigenvalue weighted by Crippen LogP contribution is -2.05. The molecule has 0 spiro atoms. The van der Waals surface area contributed by atoms with Crippen molar-refractivity contribution in [1.82, 2.24) is 0 Å². The smallest absolute Gasteiger partial charge is 0.282 e. The van der Waals surface area contributed by atoms with Crippen LogP contribution in [0.3, 0.4) is 0 Å². The van der Waals surface area contributed by atoms with Gasteiger partial charge in [-0.3, -0.25) is 4.55 Å². The number of hydrogen-bond donors (Lipinski definition) is 1. The van der Waals surface area contributed by atoms with Crippen LogP contribution in [0.2, 0.25) is 0 Å². The van der Waals surface area contributed by atoms with Gasteiger partial charge in [-0.1, -0.05) is 115 Å². The molecule has 3 nitrogen and oxygen atoms in total. The van der Waals surface area contributed by atoms with Crippen molar-refractivity contribution in [2.75, 3.05) is 0 Å². The summed E-state index contributed by atoms with van der Waals surface area (Å²) in [6.45, 7) is 4.18. The maximum Gasteiger partial charge on any atom is 0.294 e. The Morgan fingerprint density at radius 1 is 0.690 bits per heavy atom. The van der Waals surface area contributed by atoms with Crippen LogP contribution in [-0.4, -0.2) is 13.0 Å². The molecule has 1 aromatic rings. The number of benzene rings is 1. The lowest BCUT2D eigenvalue weighted by molar-refractivity contribution is 0.481. The summed E-state index contributed by atoms with van der Waals surface area (Å²) in [5.41, 5.74) is 1.72. The standard InChI is InChI=1S/C25H44O3S/c1-3-4-5-6-7-8-9-10-11-12-13-14-15-16-17-18-21-24-23(2)20-19-22-25(24)29(26,27)28/h19-20,22H,3-18,21H2,1-2H3,(H,26,27,28). The molecule has 0 unspecified atom stereocenters. The molecule has 29 heavy (non-hydrogen) atoms. The van der Waals surface area contributed by atoms with Crippen LogP contribution in [0.5, 0.6) is 0 Å². The SMILES string of the molecule is CCCCCCCCCCCCCCCCCCc1c(C)cccc1S(=O)(=O)O. The van der Waals surface area contributed by atoms with Crippen LogP contribution in [0.1, 0.15) is 121 Å². The Morgan fingerprint density at radius 3 is 1.52 bits per heavy atom. The molecule has 0 fully saturated rings. The van der Waals surface area contributed by atoms with E-state index in [2.05, 4.69) is 6.92 Å². The summed E-state index contributed by atoms with van der Waals surface area (Å²) in [6.07, 6.45) is 22.0. The monoisotopic (exact) mass is 424 g/mol. The molecule has 0 radical (unpaired) electrons. The number of hydrogen-bond acceptors (Lipinski definition) is 2. The van der Waals surface area contributed by atoms with Crippen LogP contribution in [0, 0.1) is 6.92 Å². The van der Waals surface area contributed by atoms with Crippen LogP contribution in [0.15, 0.2) is 23.1 Å². The Hall–Kier alpha value is -0.870. The van der Waals surface area contributed by atoms with E-state index in [1.807, 2.05) is 13.0 Å². The highest BCUT2D eigenvalue weighted by molar-refractivity contribution is 7.85. The summed E-state index contributed by atoms with van der Waals surface area (Å²) in [5.74, 6) is 0. The van der Waals surface area contributed by atoms with Crippen molar-refractivity contribution in [1.29, 1.82) is 0 Å². The van der Waals surface area contributed by atoms with Gasteiger partial charge in [0.2, 0.25) is 0 Å². The maximum absolute atomic E-state index is 11.5. The fraction of sp³-hybridized carbons (Fsp3) is 0.760. The van der Waals surface area contributed by atoms with Gasteiger partial charge in [-0.2, -0.15) is 8.42 Å². The Labute approximate surface area is 180 Å². The zero-order chi connectivity index (χ0) is 21.4. The van der Waals surface area contributed by atoms with Crippen molar-refractivity contribution in [3.63, 3.8) is 0 Å². The molecule has 1 rings (SSSR count). The van der Waals surface area contributed by atoms with Gasteiger partial charge in [0.1, 0.15) is 0 Å². The highest BCUT2D eigenvalue weighted by atomic mass is 32.2. The van der Waals surface area contributed by atoms with Crippen molar-refractivity contribution in [2.24, 2.45) is 0 Å². The Morgan fingerprint density at radius 2 is 1.10 bits per heavy atom. The summed E-state index contributed by atoms with van der Waals surface area (Å²) in [6, 6.07) is 5.11. The third-order valence-electron chi connectivity index (χ3n) is 5.93. The molecule has 0 saturated heterocycles. The number of unbranched alkanes of at least 4 members (excludes halogenated alkanes) is 15. The van der Waals surface area contributed by atoms with Gasteiger partial charge < -0.3 is 0 Å². The van der Waals surface area contributed by atoms with Gasteiger partial charge in [0.25, 0.3) is 10.1 Å². The second-order valence-electron chi connectivity index (χ2n) is 8.58. The first-order valence-corrected chi connectivity index (χ1v) is 13.5. The average Bonchev–Trinajstić information content (AvgIpc) is 2.67. The first kappa shape index (κ1) is 26.2. The quantitative estimate of drug-likeness (QED) is 0.191. The van der Waals surface area contributed by atoms with Gasteiger partial charge in [0.05, 0.1) is 4.90 Å². The van der Waals surface area contributed by atoms with Gasteiger partial charge >= 0.3 is 0 Å². The van der Waals surface area contributed by atoms with E-state index >= 15 is 0 Å². The molecule has 0 heterocycles. The van der Waals surface area contributed by atoms with Crippen LogP contribution in [-0.2, 0) is 16.5 Å². The molecule has 0 atom stereocenters. The van der Waals surface area contributed by atoms with Crippen molar-refractivity contribution in [3.8, 4) is 0 Å². The fourth-order valence-corrected chi connectivity index (χ4v) is 4.91. The van der Waals surface area contributed by atoms with Crippen LogP contribution < -0.4 is 0 Å². The Bertz CT molecular complexity index is 637. The topological polar surface area (TPSA) is 54.4 Å². The van der Waals surface area contributed by atoms with Gasteiger partial charge in [-0.05, 0) is 37.0 Å². The molecule has 0 aliphatic heterocycles. The van der Waals surface area contributed by atoms with Crippen molar-refractivity contribution in [2.45, 2.75) is 128 Å². The summed E-state index contributed by atoms with van der Waals surface area (Å²) in [7, 11) is -4.13. The van der Waals surface area contributed by atoms with E-state index in [0.717, 1.165) is 30.4 Å². The van der Waals surface area contributed by atoms with Gasteiger partial charge in [-0.15, -0.1) is 0 Å². The molecule has 1 N–H and O–H groups in total. The largest absolute Gasteiger partial charge is 0.294 e. The van der Waals surface area contributed by atoms with Gasteiger partial charge in [-0.25, -0.2) is 0 Å². The molecule has 1 aromatic carbocycles. The minimum absolute atomic E-state index is 0.0819. The number of aryl methyl sites for hydroxylation is 1. The zero-order valence-electron chi connectivity index (χ0n) is 18.9. The highest BCUT2D eigenvalue weighted by Crippen LogP contribution is 2.22. The average molecular weight is 425 g/mol. The summed E-state index contributed by atoms with van der Waals surface area (Å²) >= 11 is 0. The lowest BCUT2D eigenvalue weighted by atomic mass is 10.0. The van der Waals surface area contributed by atoms with E-state index in [1.165, 1.54) is 96.0 Å².